The van der Waals surface area contributed by atoms with Crippen molar-refractivity contribution in [3.05, 3.63) is 100.0 Å². The minimum absolute atomic E-state index is 0.0544. The first-order valence-corrected chi connectivity index (χ1v) is 11.8. The lowest BCUT2D eigenvalue weighted by Crippen LogP contribution is -2.27. The minimum Gasteiger partial charge on any atom is -0.497 e. The molecule has 1 N–H and O–H groups in total. The summed E-state index contributed by atoms with van der Waals surface area (Å²) in [6.07, 6.45) is -2.95. The Labute approximate surface area is 214 Å². The Balaban J connectivity index is 1.44. The number of thiocarbonyl (C=S) groups is 1. The van der Waals surface area contributed by atoms with Gasteiger partial charge in [-0.2, -0.15) is 13.2 Å². The van der Waals surface area contributed by atoms with Crippen LogP contribution in [0.1, 0.15) is 27.0 Å². The average Bonchev–Trinajstić information content (AvgIpc) is 3.15. The standard InChI is InChI=1S/C26H19F3N2O3S2/c1-34-21-7-2-4-17(12-21)15-30-23(32)18-10-8-16(9-11-18)13-22-24(33)31(25(35)36-22)20-6-3-5-19(14-20)26(27,28)29/h2-14H,15H2,1H3,(H,30,32)/b22-13-. The molecule has 0 saturated carbocycles. The lowest BCUT2D eigenvalue weighted by Gasteiger charge is -2.16. The number of methoxy groups -OCH3 is 1. The van der Waals surface area contributed by atoms with E-state index in [1.165, 1.54) is 12.1 Å². The predicted octanol–water partition coefficient (Wildman–Crippen LogP) is 6.05. The summed E-state index contributed by atoms with van der Waals surface area (Å²) in [5.41, 5.74) is 1.16. The van der Waals surface area contributed by atoms with Gasteiger partial charge in [0.2, 0.25) is 0 Å². The number of ether oxygens (including phenoxy) is 1. The molecule has 0 radical (unpaired) electrons. The number of carbonyl (C=O) groups is 2. The molecule has 36 heavy (non-hydrogen) atoms. The van der Waals surface area contributed by atoms with Gasteiger partial charge in [-0.25, -0.2) is 0 Å². The summed E-state index contributed by atoms with van der Waals surface area (Å²) in [5.74, 6) is -0.0748. The van der Waals surface area contributed by atoms with E-state index in [1.807, 2.05) is 24.3 Å². The number of rotatable bonds is 6. The second-order valence-electron chi connectivity index (χ2n) is 7.72. The molecule has 5 nitrogen and oxygen atoms in total. The number of alkyl halides is 3. The van der Waals surface area contributed by atoms with Crippen LogP contribution in [-0.4, -0.2) is 23.2 Å². The van der Waals surface area contributed by atoms with E-state index in [4.69, 9.17) is 17.0 Å². The van der Waals surface area contributed by atoms with Crippen LogP contribution in [0.15, 0.2) is 77.7 Å². The van der Waals surface area contributed by atoms with Crippen LogP contribution in [0.25, 0.3) is 6.08 Å². The number of hydrogen-bond acceptors (Lipinski definition) is 5. The molecule has 184 valence electrons. The molecule has 0 atom stereocenters. The molecular formula is C26H19F3N2O3S2. The normalized spacial score (nSPS) is 14.9. The first-order valence-electron chi connectivity index (χ1n) is 10.6. The molecular weight excluding hydrogens is 509 g/mol. The van der Waals surface area contributed by atoms with Gasteiger partial charge in [0.25, 0.3) is 11.8 Å². The van der Waals surface area contributed by atoms with Crippen molar-refractivity contribution in [1.82, 2.24) is 5.32 Å². The van der Waals surface area contributed by atoms with Crippen molar-refractivity contribution in [3.8, 4) is 5.75 Å². The van der Waals surface area contributed by atoms with Gasteiger partial charge in [0, 0.05) is 12.1 Å². The van der Waals surface area contributed by atoms with Crippen molar-refractivity contribution in [1.29, 1.82) is 0 Å². The Bertz CT molecular complexity index is 1360. The van der Waals surface area contributed by atoms with Gasteiger partial charge in [0.05, 0.1) is 23.3 Å². The predicted molar refractivity (Wildman–Crippen MR) is 138 cm³/mol. The molecule has 0 spiro atoms. The molecule has 1 aliphatic rings. The molecule has 0 aliphatic carbocycles. The summed E-state index contributed by atoms with van der Waals surface area (Å²) >= 11 is 6.26. The monoisotopic (exact) mass is 528 g/mol. The zero-order valence-electron chi connectivity index (χ0n) is 18.8. The second-order valence-corrected chi connectivity index (χ2v) is 9.40. The number of carbonyl (C=O) groups excluding carboxylic acids is 2. The zero-order chi connectivity index (χ0) is 25.9. The molecule has 1 heterocycles. The summed E-state index contributed by atoms with van der Waals surface area (Å²) in [6, 6.07) is 18.4. The summed E-state index contributed by atoms with van der Waals surface area (Å²) in [4.78, 5) is 26.8. The van der Waals surface area contributed by atoms with Crippen LogP contribution in [0.4, 0.5) is 18.9 Å². The topological polar surface area (TPSA) is 58.6 Å². The van der Waals surface area contributed by atoms with Crippen molar-refractivity contribution in [2.24, 2.45) is 0 Å². The highest BCUT2D eigenvalue weighted by Crippen LogP contribution is 2.38. The smallest absolute Gasteiger partial charge is 0.416 e. The first-order chi connectivity index (χ1) is 17.2. The Morgan fingerprint density at radius 2 is 1.81 bits per heavy atom. The SMILES string of the molecule is COc1cccc(CNC(=O)c2ccc(/C=C3\SC(=S)N(c4cccc(C(F)(F)F)c4)C3=O)cc2)c1. The van der Waals surface area contributed by atoms with Crippen LogP contribution >= 0.6 is 24.0 Å². The zero-order valence-corrected chi connectivity index (χ0v) is 20.5. The van der Waals surface area contributed by atoms with E-state index in [-0.39, 0.29) is 20.8 Å². The maximum Gasteiger partial charge on any atom is 0.416 e. The van der Waals surface area contributed by atoms with Gasteiger partial charge >= 0.3 is 6.18 Å². The molecule has 1 aliphatic heterocycles. The summed E-state index contributed by atoms with van der Waals surface area (Å²) in [6.45, 7) is 0.329. The molecule has 1 fully saturated rings. The van der Waals surface area contributed by atoms with Crippen LogP contribution in [0.5, 0.6) is 5.75 Å². The highest BCUT2D eigenvalue weighted by atomic mass is 32.2. The lowest BCUT2D eigenvalue weighted by atomic mass is 10.1. The molecule has 10 heteroatoms. The third-order valence-electron chi connectivity index (χ3n) is 5.28. The maximum atomic E-state index is 13.1. The van der Waals surface area contributed by atoms with Crippen molar-refractivity contribution in [2.75, 3.05) is 12.0 Å². The van der Waals surface area contributed by atoms with Gasteiger partial charge in [0.15, 0.2) is 4.32 Å². The quantitative estimate of drug-likeness (QED) is 0.312. The lowest BCUT2D eigenvalue weighted by molar-refractivity contribution is -0.137. The van der Waals surface area contributed by atoms with Gasteiger partial charge in [-0.3, -0.25) is 14.5 Å². The van der Waals surface area contributed by atoms with Gasteiger partial charge in [-0.05, 0) is 59.7 Å². The fraction of sp³-hybridized carbons (Fsp3) is 0.115. The number of thioether (sulfide) groups is 1. The van der Waals surface area contributed by atoms with Gasteiger partial charge in [0.1, 0.15) is 5.75 Å². The number of hydrogen-bond donors (Lipinski definition) is 1. The van der Waals surface area contributed by atoms with Gasteiger partial charge in [-0.15, -0.1) is 0 Å². The van der Waals surface area contributed by atoms with E-state index < -0.39 is 17.6 Å². The number of amides is 2. The Hall–Kier alpha value is -3.63. The largest absolute Gasteiger partial charge is 0.497 e. The molecule has 2 amide bonds. The summed E-state index contributed by atoms with van der Waals surface area (Å²) in [7, 11) is 1.57. The fourth-order valence-corrected chi connectivity index (χ4v) is 4.76. The van der Waals surface area contributed by atoms with E-state index in [9.17, 15) is 22.8 Å². The molecule has 4 rings (SSSR count). The van der Waals surface area contributed by atoms with Crippen LogP contribution in [0.3, 0.4) is 0 Å². The number of nitrogens with one attached hydrogen (secondary N) is 1. The second kappa shape index (κ2) is 10.5. The third kappa shape index (κ3) is 5.77. The number of nitrogens with zero attached hydrogens (tertiary/aromatic N) is 1. The molecule has 3 aromatic rings. The van der Waals surface area contributed by atoms with Gasteiger partial charge < -0.3 is 10.1 Å². The number of benzene rings is 3. The highest BCUT2D eigenvalue weighted by molar-refractivity contribution is 8.27. The molecule has 3 aromatic carbocycles. The Kier molecular flexibility index (Phi) is 7.46. The van der Waals surface area contributed by atoms with Gasteiger partial charge in [-0.1, -0.05) is 54.3 Å². The highest BCUT2D eigenvalue weighted by Gasteiger charge is 2.36. The van der Waals surface area contributed by atoms with Crippen LogP contribution < -0.4 is 15.0 Å². The Morgan fingerprint density at radius 3 is 2.50 bits per heavy atom. The van der Waals surface area contributed by atoms with Crippen LogP contribution in [0, 0.1) is 0 Å². The fourth-order valence-electron chi connectivity index (χ4n) is 3.46. The van der Waals surface area contributed by atoms with Crippen LogP contribution in [0.2, 0.25) is 0 Å². The van der Waals surface area contributed by atoms with E-state index in [0.29, 0.717) is 23.4 Å². The van der Waals surface area contributed by atoms with Crippen molar-refractivity contribution in [2.45, 2.75) is 12.7 Å². The van der Waals surface area contributed by atoms with E-state index >= 15 is 0 Å². The van der Waals surface area contributed by atoms with E-state index in [1.54, 1.807) is 37.5 Å². The summed E-state index contributed by atoms with van der Waals surface area (Å²) < 4.78 is 44.6. The third-order valence-corrected chi connectivity index (χ3v) is 6.59. The number of anilines is 1. The van der Waals surface area contributed by atoms with Crippen molar-refractivity contribution < 1.29 is 27.5 Å². The first kappa shape index (κ1) is 25.5. The maximum absolute atomic E-state index is 13.1. The van der Waals surface area contributed by atoms with Crippen molar-refractivity contribution >= 4 is 51.9 Å². The molecule has 0 aromatic heterocycles. The minimum atomic E-state index is -4.53. The molecule has 0 unspecified atom stereocenters. The molecule has 0 bridgehead atoms. The molecule has 1 saturated heterocycles. The van der Waals surface area contributed by atoms with Crippen molar-refractivity contribution in [3.63, 3.8) is 0 Å². The van der Waals surface area contributed by atoms with Crippen LogP contribution in [-0.2, 0) is 17.5 Å². The average molecular weight is 529 g/mol. The van der Waals surface area contributed by atoms with E-state index in [2.05, 4.69) is 5.32 Å². The Morgan fingerprint density at radius 1 is 1.08 bits per heavy atom. The number of halogens is 3. The van der Waals surface area contributed by atoms with E-state index in [0.717, 1.165) is 34.4 Å². The summed E-state index contributed by atoms with van der Waals surface area (Å²) in [5, 5.41) is 2.84.